The number of carbonyl (C=O) groups excluding carboxylic acids is 1. The Hall–Kier alpha value is -1.56. The van der Waals surface area contributed by atoms with Crippen molar-refractivity contribution in [2.45, 2.75) is 32.9 Å². The summed E-state index contributed by atoms with van der Waals surface area (Å²) in [5, 5.41) is 9.97. The number of ether oxygens (including phenoxy) is 1. The smallest absolute Gasteiger partial charge is 0.407 e. The van der Waals surface area contributed by atoms with Crippen LogP contribution in [0.15, 0.2) is 12.3 Å². The van der Waals surface area contributed by atoms with E-state index in [-0.39, 0.29) is 6.09 Å². The van der Waals surface area contributed by atoms with Crippen molar-refractivity contribution in [2.24, 2.45) is 7.05 Å². The Morgan fingerprint density at radius 2 is 2.17 bits per heavy atom. The van der Waals surface area contributed by atoms with Gasteiger partial charge >= 0.3 is 6.09 Å². The van der Waals surface area contributed by atoms with E-state index >= 15 is 0 Å². The average Bonchev–Trinajstić information content (AvgIpc) is 2.61. The summed E-state index contributed by atoms with van der Waals surface area (Å²) in [7, 11) is 1.90. The van der Waals surface area contributed by atoms with Gasteiger partial charge in [0, 0.05) is 32.9 Å². The highest BCUT2D eigenvalue weighted by molar-refractivity contribution is 5.67. The van der Waals surface area contributed by atoms with Crippen LogP contribution >= 0.6 is 0 Å². The molecule has 102 valence electrons. The predicted octanol–water partition coefficient (Wildman–Crippen LogP) is 1.03. The Bertz CT molecular complexity index is 382. The molecule has 0 bridgehead atoms. The zero-order valence-corrected chi connectivity index (χ0v) is 11.5. The lowest BCUT2D eigenvalue weighted by Gasteiger charge is -2.19. The molecule has 1 aromatic heterocycles. The van der Waals surface area contributed by atoms with Gasteiger partial charge in [-0.2, -0.15) is 5.10 Å². The first-order valence-corrected chi connectivity index (χ1v) is 6.03. The summed E-state index contributed by atoms with van der Waals surface area (Å²) < 4.78 is 6.93. The van der Waals surface area contributed by atoms with E-state index in [0.29, 0.717) is 13.1 Å². The minimum absolute atomic E-state index is 0.384. The molecule has 0 radical (unpaired) electrons. The van der Waals surface area contributed by atoms with Crippen LogP contribution in [0.25, 0.3) is 0 Å². The predicted molar refractivity (Wildman–Crippen MR) is 69.2 cm³/mol. The number of hydrogen-bond donors (Lipinski definition) is 2. The Kier molecular flexibility index (Phi) is 5.15. The van der Waals surface area contributed by atoms with Crippen LogP contribution in [0.4, 0.5) is 4.79 Å². The number of carbonyl (C=O) groups is 1. The van der Waals surface area contributed by atoms with E-state index in [1.54, 1.807) is 6.20 Å². The maximum atomic E-state index is 11.3. The van der Waals surface area contributed by atoms with Crippen LogP contribution in [0, 0.1) is 0 Å². The minimum Gasteiger partial charge on any atom is -0.444 e. The van der Waals surface area contributed by atoms with Gasteiger partial charge < -0.3 is 15.4 Å². The first kappa shape index (κ1) is 14.5. The van der Waals surface area contributed by atoms with Crippen molar-refractivity contribution < 1.29 is 9.53 Å². The summed E-state index contributed by atoms with van der Waals surface area (Å²) in [6.45, 7) is 7.47. The third-order valence-corrected chi connectivity index (χ3v) is 2.20. The van der Waals surface area contributed by atoms with Gasteiger partial charge in [0.1, 0.15) is 5.60 Å². The van der Waals surface area contributed by atoms with Gasteiger partial charge in [0.15, 0.2) is 0 Å². The van der Waals surface area contributed by atoms with Crippen LogP contribution in [0.3, 0.4) is 0 Å². The second kappa shape index (κ2) is 6.39. The fraction of sp³-hybridized carbons (Fsp3) is 0.667. The fourth-order valence-electron chi connectivity index (χ4n) is 1.36. The van der Waals surface area contributed by atoms with Crippen molar-refractivity contribution in [1.29, 1.82) is 0 Å². The molecular formula is C12H22N4O2. The van der Waals surface area contributed by atoms with Crippen LogP contribution in [-0.2, 0) is 18.3 Å². The van der Waals surface area contributed by atoms with E-state index in [1.807, 2.05) is 38.6 Å². The maximum absolute atomic E-state index is 11.3. The van der Waals surface area contributed by atoms with Crippen molar-refractivity contribution >= 4 is 6.09 Å². The Morgan fingerprint density at radius 3 is 2.72 bits per heavy atom. The van der Waals surface area contributed by atoms with Crippen LogP contribution < -0.4 is 10.6 Å². The van der Waals surface area contributed by atoms with E-state index in [1.165, 1.54) is 0 Å². The lowest BCUT2D eigenvalue weighted by Crippen LogP contribution is -2.36. The number of hydrogen-bond acceptors (Lipinski definition) is 4. The first-order chi connectivity index (χ1) is 8.38. The molecule has 6 nitrogen and oxygen atoms in total. The summed E-state index contributed by atoms with van der Waals surface area (Å²) in [6, 6.07) is 1.95. The van der Waals surface area contributed by atoms with Gasteiger partial charge in [0.05, 0.1) is 5.69 Å². The summed E-state index contributed by atoms with van der Waals surface area (Å²) in [6.07, 6.45) is 1.38. The number of nitrogens with one attached hydrogen (secondary N) is 2. The van der Waals surface area contributed by atoms with Gasteiger partial charge in [-0.25, -0.2) is 4.79 Å². The number of amides is 1. The molecule has 0 unspecified atom stereocenters. The second-order valence-electron chi connectivity index (χ2n) is 5.05. The molecule has 1 aromatic rings. The zero-order valence-electron chi connectivity index (χ0n) is 11.5. The molecule has 0 fully saturated rings. The van der Waals surface area contributed by atoms with Gasteiger partial charge in [0.25, 0.3) is 0 Å². The van der Waals surface area contributed by atoms with Gasteiger partial charge in [0.2, 0.25) is 0 Å². The number of alkyl carbamates (subject to hydrolysis) is 1. The Balaban J connectivity index is 2.09. The SMILES string of the molecule is Cn1nccc1CNCCNC(=O)OC(C)(C)C. The molecule has 1 rings (SSSR count). The lowest BCUT2D eigenvalue weighted by molar-refractivity contribution is 0.0528. The largest absolute Gasteiger partial charge is 0.444 e. The summed E-state index contributed by atoms with van der Waals surface area (Å²) in [4.78, 5) is 11.3. The molecule has 1 heterocycles. The van der Waals surface area contributed by atoms with E-state index < -0.39 is 5.60 Å². The van der Waals surface area contributed by atoms with E-state index in [2.05, 4.69) is 15.7 Å². The highest BCUT2D eigenvalue weighted by Gasteiger charge is 2.15. The third-order valence-electron chi connectivity index (χ3n) is 2.20. The molecule has 0 saturated carbocycles. The molecule has 1 amide bonds. The summed E-state index contributed by atoms with van der Waals surface area (Å²) in [5.41, 5.74) is 0.652. The standard InChI is InChI=1S/C12H22N4O2/c1-12(2,3)18-11(17)14-8-7-13-9-10-5-6-15-16(10)4/h5-6,13H,7-9H2,1-4H3,(H,14,17). The maximum Gasteiger partial charge on any atom is 0.407 e. The number of aryl methyl sites for hydroxylation is 1. The Morgan fingerprint density at radius 1 is 1.44 bits per heavy atom. The molecule has 18 heavy (non-hydrogen) atoms. The third kappa shape index (κ3) is 5.67. The van der Waals surface area contributed by atoms with Gasteiger partial charge in [-0.15, -0.1) is 0 Å². The lowest BCUT2D eigenvalue weighted by atomic mass is 10.2. The van der Waals surface area contributed by atoms with Crippen LogP contribution in [0.2, 0.25) is 0 Å². The second-order valence-corrected chi connectivity index (χ2v) is 5.05. The molecule has 0 atom stereocenters. The normalized spacial score (nSPS) is 11.3. The molecule has 6 heteroatoms. The molecular weight excluding hydrogens is 232 g/mol. The monoisotopic (exact) mass is 254 g/mol. The summed E-state index contributed by atoms with van der Waals surface area (Å²) >= 11 is 0. The minimum atomic E-state index is -0.452. The van der Waals surface area contributed by atoms with Gasteiger partial charge in [-0.05, 0) is 26.8 Å². The quantitative estimate of drug-likeness (QED) is 0.770. The van der Waals surface area contributed by atoms with Gasteiger partial charge in [-0.1, -0.05) is 0 Å². The van der Waals surface area contributed by atoms with E-state index in [9.17, 15) is 4.79 Å². The number of rotatable bonds is 5. The van der Waals surface area contributed by atoms with Crippen molar-refractivity contribution in [2.75, 3.05) is 13.1 Å². The topological polar surface area (TPSA) is 68.2 Å². The first-order valence-electron chi connectivity index (χ1n) is 6.03. The van der Waals surface area contributed by atoms with Gasteiger partial charge in [-0.3, -0.25) is 4.68 Å². The highest BCUT2D eigenvalue weighted by Crippen LogP contribution is 2.05. The fourth-order valence-corrected chi connectivity index (χ4v) is 1.36. The van der Waals surface area contributed by atoms with Crippen LogP contribution in [0.1, 0.15) is 26.5 Å². The molecule has 0 aliphatic heterocycles. The van der Waals surface area contributed by atoms with Crippen molar-refractivity contribution in [3.8, 4) is 0 Å². The molecule has 0 saturated heterocycles. The van der Waals surface area contributed by atoms with Crippen LogP contribution in [-0.4, -0.2) is 34.6 Å². The van der Waals surface area contributed by atoms with Crippen molar-refractivity contribution in [1.82, 2.24) is 20.4 Å². The van der Waals surface area contributed by atoms with E-state index in [4.69, 9.17) is 4.74 Å². The Labute approximate surface area is 108 Å². The molecule has 2 N–H and O–H groups in total. The molecule has 0 aliphatic carbocycles. The van der Waals surface area contributed by atoms with Crippen molar-refractivity contribution in [3.05, 3.63) is 18.0 Å². The molecule has 0 aromatic carbocycles. The van der Waals surface area contributed by atoms with Crippen molar-refractivity contribution in [3.63, 3.8) is 0 Å². The highest BCUT2D eigenvalue weighted by atomic mass is 16.6. The van der Waals surface area contributed by atoms with Crippen LogP contribution in [0.5, 0.6) is 0 Å². The zero-order chi connectivity index (χ0) is 13.6. The van der Waals surface area contributed by atoms with E-state index in [0.717, 1.165) is 12.2 Å². The number of aromatic nitrogens is 2. The molecule has 0 aliphatic rings. The summed E-state index contributed by atoms with van der Waals surface area (Å²) in [5.74, 6) is 0. The average molecular weight is 254 g/mol. The number of nitrogens with zero attached hydrogens (tertiary/aromatic N) is 2. The molecule has 0 spiro atoms.